The second-order valence-corrected chi connectivity index (χ2v) is 19.3. The molecule has 4 nitrogen and oxygen atoms in total. The van der Waals surface area contributed by atoms with Crippen molar-refractivity contribution in [2.75, 3.05) is 0 Å². The number of rotatable bonds is 4. The number of para-hydroxylation sites is 3. The molecular formula is C65H42N4. The molecule has 0 radical (unpaired) electrons. The summed E-state index contributed by atoms with van der Waals surface area (Å²) < 4.78 is 4.97. The first-order valence-corrected chi connectivity index (χ1v) is 23.9. The SMILES string of the molecule is CC1(C)c2ccccc2-c2c(-c3nc(-c4cccc5c(-n6c7ccccc7c7cc8cccc(-n9c%10ccccc%10c%10cc%11ccccc%11cc%109)c8cc76)cccc45)c4ccccc4n3)cccc21. The predicted octanol–water partition coefficient (Wildman–Crippen LogP) is 16.9. The number of fused-ring (bicyclic) bond motifs is 13. The maximum absolute atomic E-state index is 5.59. The molecule has 0 aliphatic heterocycles. The molecular weight excluding hydrogens is 837 g/mol. The molecule has 3 aromatic heterocycles. The zero-order chi connectivity index (χ0) is 45.5. The van der Waals surface area contributed by atoms with Crippen molar-refractivity contribution >= 4 is 86.8 Å². The van der Waals surface area contributed by atoms with E-state index in [-0.39, 0.29) is 5.41 Å². The topological polar surface area (TPSA) is 35.6 Å². The van der Waals surface area contributed by atoms with Crippen LogP contribution in [0.2, 0.25) is 0 Å². The van der Waals surface area contributed by atoms with Crippen molar-refractivity contribution in [3.63, 3.8) is 0 Å². The number of hydrogen-bond acceptors (Lipinski definition) is 2. The van der Waals surface area contributed by atoms with E-state index in [0.29, 0.717) is 0 Å². The highest BCUT2D eigenvalue weighted by atomic mass is 15.0. The summed E-state index contributed by atoms with van der Waals surface area (Å²) in [6, 6.07) is 80.1. The number of hydrogen-bond donors (Lipinski definition) is 0. The van der Waals surface area contributed by atoms with Crippen LogP contribution in [0.25, 0.3) is 132 Å². The summed E-state index contributed by atoms with van der Waals surface area (Å²) in [5.41, 5.74) is 16.0. The van der Waals surface area contributed by atoms with Gasteiger partial charge in [-0.05, 0) is 98.4 Å². The van der Waals surface area contributed by atoms with Gasteiger partial charge in [-0.25, -0.2) is 9.97 Å². The minimum Gasteiger partial charge on any atom is -0.309 e. The Kier molecular flexibility index (Phi) is 7.81. The first kappa shape index (κ1) is 38.3. The van der Waals surface area contributed by atoms with Crippen LogP contribution >= 0.6 is 0 Å². The molecule has 69 heavy (non-hydrogen) atoms. The van der Waals surface area contributed by atoms with Gasteiger partial charge in [-0.3, -0.25) is 0 Å². The van der Waals surface area contributed by atoms with E-state index in [1.165, 1.54) is 81.9 Å². The van der Waals surface area contributed by atoms with Crippen molar-refractivity contribution in [2.24, 2.45) is 0 Å². The molecule has 4 heteroatoms. The molecule has 0 spiro atoms. The van der Waals surface area contributed by atoms with Gasteiger partial charge in [0.25, 0.3) is 0 Å². The summed E-state index contributed by atoms with van der Waals surface area (Å²) in [4.78, 5) is 10.9. The maximum Gasteiger partial charge on any atom is 0.161 e. The number of aromatic nitrogens is 4. The lowest BCUT2D eigenvalue weighted by Gasteiger charge is -2.21. The Hall–Kier alpha value is -8.86. The van der Waals surface area contributed by atoms with Gasteiger partial charge < -0.3 is 9.13 Å². The normalized spacial score (nSPS) is 13.2. The molecule has 1 aliphatic rings. The molecule has 0 unspecified atom stereocenters. The highest BCUT2D eigenvalue weighted by Gasteiger charge is 2.37. The molecule has 0 N–H and O–H groups in total. The molecule has 3 heterocycles. The smallest absolute Gasteiger partial charge is 0.161 e. The molecule has 14 aromatic rings. The van der Waals surface area contributed by atoms with Gasteiger partial charge in [-0.1, -0.05) is 178 Å². The standard InChI is InChI=1S/C65H42N4/c1-65(2)53-28-9-5-22-47(53)62-49(27-15-29-54(62)65)64-66-55-30-10-6-23-48(55)63(67-64)46-26-14-25-43-42(46)24-16-34-58(43)68-56-31-11-8-21-45(56)52-36-41-19-13-33-59(50(41)38-61(52)68)69-57-32-12-7-20-44(57)51-35-39-17-3-4-18-40(39)37-60(51)69/h3-38H,1-2H3. The minimum absolute atomic E-state index is 0.130. The third-order valence-electron chi connectivity index (χ3n) is 15.3. The van der Waals surface area contributed by atoms with Crippen molar-refractivity contribution in [3.05, 3.63) is 230 Å². The summed E-state index contributed by atoms with van der Waals surface area (Å²) in [5.74, 6) is 0.739. The fourth-order valence-corrected chi connectivity index (χ4v) is 12.1. The summed E-state index contributed by atoms with van der Waals surface area (Å²) >= 11 is 0. The lowest BCUT2D eigenvalue weighted by molar-refractivity contribution is 0.660. The zero-order valence-electron chi connectivity index (χ0n) is 38.1. The van der Waals surface area contributed by atoms with E-state index in [2.05, 4.69) is 241 Å². The predicted molar refractivity (Wildman–Crippen MR) is 289 cm³/mol. The Balaban J connectivity index is 0.970. The molecule has 0 fully saturated rings. The molecule has 0 saturated carbocycles. The van der Waals surface area contributed by atoms with Gasteiger partial charge in [0.15, 0.2) is 5.82 Å². The number of nitrogens with zero attached hydrogens (tertiary/aromatic N) is 4. The Labute approximate surface area is 398 Å². The van der Waals surface area contributed by atoms with Gasteiger partial charge in [0.05, 0.1) is 44.7 Å². The maximum atomic E-state index is 5.59. The molecule has 11 aromatic carbocycles. The second-order valence-electron chi connectivity index (χ2n) is 19.3. The van der Waals surface area contributed by atoms with Crippen LogP contribution < -0.4 is 0 Å². The minimum atomic E-state index is -0.130. The van der Waals surface area contributed by atoms with Crippen LogP contribution in [0.3, 0.4) is 0 Å². The zero-order valence-corrected chi connectivity index (χ0v) is 38.1. The van der Waals surface area contributed by atoms with Crippen molar-refractivity contribution in [1.82, 2.24) is 19.1 Å². The Morgan fingerprint density at radius 1 is 0.333 bits per heavy atom. The van der Waals surface area contributed by atoms with Crippen molar-refractivity contribution < 1.29 is 0 Å². The third kappa shape index (κ3) is 5.34. The third-order valence-corrected chi connectivity index (χ3v) is 15.3. The first-order chi connectivity index (χ1) is 34.0. The molecule has 0 bridgehead atoms. The number of benzene rings is 11. The monoisotopic (exact) mass is 878 g/mol. The fourth-order valence-electron chi connectivity index (χ4n) is 12.1. The molecule has 0 amide bonds. The first-order valence-electron chi connectivity index (χ1n) is 23.9. The van der Waals surface area contributed by atoms with Gasteiger partial charge in [0, 0.05) is 54.2 Å². The summed E-state index contributed by atoms with van der Waals surface area (Å²) in [5, 5.41) is 13.2. The quantitative estimate of drug-likeness (QED) is 0.177. The van der Waals surface area contributed by atoms with Crippen LogP contribution in [0.1, 0.15) is 25.0 Å². The van der Waals surface area contributed by atoms with Crippen molar-refractivity contribution in [2.45, 2.75) is 19.3 Å². The van der Waals surface area contributed by atoms with E-state index in [1.54, 1.807) is 0 Å². The summed E-state index contributed by atoms with van der Waals surface area (Å²) in [7, 11) is 0. The van der Waals surface area contributed by atoms with Gasteiger partial charge in [0.1, 0.15) is 0 Å². The molecule has 0 saturated heterocycles. The van der Waals surface area contributed by atoms with Gasteiger partial charge >= 0.3 is 0 Å². The Morgan fingerprint density at radius 2 is 0.855 bits per heavy atom. The fraction of sp³-hybridized carbons (Fsp3) is 0.0462. The van der Waals surface area contributed by atoms with Crippen LogP contribution in [0.5, 0.6) is 0 Å². The van der Waals surface area contributed by atoms with E-state index in [9.17, 15) is 0 Å². The van der Waals surface area contributed by atoms with Gasteiger partial charge in [0.2, 0.25) is 0 Å². The van der Waals surface area contributed by atoms with Crippen LogP contribution in [0, 0.1) is 0 Å². The Morgan fingerprint density at radius 3 is 1.65 bits per heavy atom. The van der Waals surface area contributed by atoms with Crippen LogP contribution in [0.15, 0.2) is 218 Å². The van der Waals surface area contributed by atoms with Crippen LogP contribution in [-0.2, 0) is 5.41 Å². The van der Waals surface area contributed by atoms with E-state index in [0.717, 1.165) is 61.2 Å². The van der Waals surface area contributed by atoms with E-state index >= 15 is 0 Å². The van der Waals surface area contributed by atoms with Crippen LogP contribution in [0.4, 0.5) is 0 Å². The lowest BCUT2D eigenvalue weighted by Crippen LogP contribution is -2.14. The Bertz CT molecular complexity index is 4530. The average molecular weight is 879 g/mol. The van der Waals surface area contributed by atoms with E-state index in [1.807, 2.05) is 0 Å². The van der Waals surface area contributed by atoms with Gasteiger partial charge in [-0.15, -0.1) is 0 Å². The van der Waals surface area contributed by atoms with Crippen molar-refractivity contribution in [1.29, 1.82) is 0 Å². The molecule has 1 aliphatic carbocycles. The summed E-state index contributed by atoms with van der Waals surface area (Å²) in [6.45, 7) is 4.65. The summed E-state index contributed by atoms with van der Waals surface area (Å²) in [6.07, 6.45) is 0. The highest BCUT2D eigenvalue weighted by molar-refractivity contribution is 6.18. The second kappa shape index (κ2) is 14.1. The molecule has 0 atom stereocenters. The van der Waals surface area contributed by atoms with Crippen molar-refractivity contribution in [3.8, 4) is 45.1 Å². The lowest BCUT2D eigenvalue weighted by atomic mass is 9.82. The van der Waals surface area contributed by atoms with E-state index < -0.39 is 0 Å². The molecule has 15 rings (SSSR count). The largest absolute Gasteiger partial charge is 0.309 e. The average Bonchev–Trinajstić information content (AvgIpc) is 3.98. The molecule has 322 valence electrons. The van der Waals surface area contributed by atoms with E-state index in [4.69, 9.17) is 9.97 Å². The van der Waals surface area contributed by atoms with Crippen LogP contribution in [-0.4, -0.2) is 19.1 Å². The van der Waals surface area contributed by atoms with Gasteiger partial charge in [-0.2, -0.15) is 0 Å². The highest BCUT2D eigenvalue weighted by Crippen LogP contribution is 2.52.